The molecular weight excluding hydrogens is 338 g/mol. The molecule has 0 spiro atoms. The molecule has 5 nitrogen and oxygen atoms in total. The van der Waals surface area contributed by atoms with E-state index in [0.717, 1.165) is 32.0 Å². The van der Waals surface area contributed by atoms with Crippen LogP contribution in [0.3, 0.4) is 0 Å². The normalized spacial score (nSPS) is 19.2. The van der Waals surface area contributed by atoms with Crippen LogP contribution < -0.4 is 0 Å². The fourth-order valence-electron chi connectivity index (χ4n) is 3.63. The summed E-state index contributed by atoms with van der Waals surface area (Å²) >= 11 is 0. The molecular formula is C19H24F2N4O. The van der Waals surface area contributed by atoms with Gasteiger partial charge in [-0.3, -0.25) is 4.90 Å². The summed E-state index contributed by atoms with van der Waals surface area (Å²) in [4.78, 5) is 6.04. The second-order valence-corrected chi connectivity index (χ2v) is 6.80. The maximum absolute atomic E-state index is 14.5. The number of hydrogen-bond donors (Lipinski definition) is 1. The van der Waals surface area contributed by atoms with E-state index in [1.54, 1.807) is 0 Å². The van der Waals surface area contributed by atoms with Crippen molar-refractivity contribution in [1.29, 1.82) is 0 Å². The van der Waals surface area contributed by atoms with Crippen LogP contribution in [-0.4, -0.2) is 43.9 Å². The predicted octanol–water partition coefficient (Wildman–Crippen LogP) is 2.87. The van der Waals surface area contributed by atoms with E-state index in [1.807, 2.05) is 13.8 Å². The van der Waals surface area contributed by atoms with Crippen molar-refractivity contribution in [1.82, 2.24) is 19.7 Å². The molecule has 3 rings (SSSR count). The Morgan fingerprint density at radius 2 is 2.04 bits per heavy atom. The molecule has 26 heavy (non-hydrogen) atoms. The third-order valence-corrected chi connectivity index (χ3v) is 5.35. The summed E-state index contributed by atoms with van der Waals surface area (Å²) in [6, 6.07) is 2.91. The van der Waals surface area contributed by atoms with E-state index >= 15 is 0 Å². The summed E-state index contributed by atoms with van der Waals surface area (Å²) in [5.74, 6) is -1.43. The van der Waals surface area contributed by atoms with Crippen LogP contribution in [0, 0.1) is 11.6 Å². The van der Waals surface area contributed by atoms with Gasteiger partial charge in [-0.2, -0.15) is 5.10 Å². The maximum Gasteiger partial charge on any atom is 0.137 e. The van der Waals surface area contributed by atoms with Gasteiger partial charge < -0.3 is 5.11 Å². The summed E-state index contributed by atoms with van der Waals surface area (Å²) in [5, 5.41) is 15.6. The number of piperidine rings is 1. The molecule has 0 bridgehead atoms. The molecule has 2 aromatic rings. The highest BCUT2D eigenvalue weighted by molar-refractivity contribution is 5.27. The topological polar surface area (TPSA) is 54.2 Å². The monoisotopic (exact) mass is 362 g/mol. The second-order valence-electron chi connectivity index (χ2n) is 6.80. The van der Waals surface area contributed by atoms with E-state index in [-0.39, 0.29) is 18.2 Å². The van der Waals surface area contributed by atoms with Crippen molar-refractivity contribution in [3.05, 3.63) is 59.7 Å². The van der Waals surface area contributed by atoms with E-state index < -0.39 is 17.2 Å². The first kappa shape index (κ1) is 18.7. The first-order valence-corrected chi connectivity index (χ1v) is 8.82. The molecule has 1 fully saturated rings. The zero-order valence-electron chi connectivity index (χ0n) is 15.1. The molecule has 1 aromatic carbocycles. The fraction of sp³-hybridized carbons (Fsp3) is 0.474. The third-order valence-electron chi connectivity index (χ3n) is 5.35. The molecule has 2 heterocycles. The van der Waals surface area contributed by atoms with Crippen molar-refractivity contribution in [2.45, 2.75) is 44.9 Å². The largest absolute Gasteiger partial charge is 0.381 e. The van der Waals surface area contributed by atoms with Crippen LogP contribution >= 0.6 is 0 Å². The Bertz CT molecular complexity index is 768. The van der Waals surface area contributed by atoms with E-state index in [1.165, 1.54) is 35.0 Å². The lowest BCUT2D eigenvalue weighted by atomic mass is 9.84. The molecule has 1 N–H and O–H groups in total. The molecule has 0 amide bonds. The SMILES string of the molecule is CC=C1CCN([C@@H](C)[C@@](O)(Cn2cncn2)c2ccc(F)cc2F)CC1. The Morgan fingerprint density at radius 3 is 2.62 bits per heavy atom. The van der Waals surface area contributed by atoms with Crippen LogP contribution in [0.5, 0.6) is 0 Å². The number of halogens is 2. The highest BCUT2D eigenvalue weighted by atomic mass is 19.1. The zero-order valence-corrected chi connectivity index (χ0v) is 15.1. The van der Waals surface area contributed by atoms with Gasteiger partial charge in [0.05, 0.1) is 6.54 Å². The van der Waals surface area contributed by atoms with Gasteiger partial charge >= 0.3 is 0 Å². The summed E-state index contributed by atoms with van der Waals surface area (Å²) in [6.07, 6.45) is 6.82. The smallest absolute Gasteiger partial charge is 0.137 e. The highest BCUT2D eigenvalue weighted by Crippen LogP contribution is 2.34. The molecule has 140 valence electrons. The summed E-state index contributed by atoms with van der Waals surface area (Å²) in [7, 11) is 0. The third kappa shape index (κ3) is 3.68. The summed E-state index contributed by atoms with van der Waals surface area (Å²) < 4.78 is 29.4. The van der Waals surface area contributed by atoms with Crippen molar-refractivity contribution in [3.8, 4) is 0 Å². The standard InChI is InChI=1S/C19H24F2N4O/c1-3-15-6-8-24(9-7-15)14(2)19(26,11-25-13-22-12-23-25)17-5-4-16(20)10-18(17)21/h3-5,10,12-14,26H,6-9,11H2,1-2H3/t14-,19-/m0/s1. The molecule has 1 aliphatic rings. The van der Waals surface area contributed by atoms with Crippen LogP contribution in [0.2, 0.25) is 0 Å². The van der Waals surface area contributed by atoms with Gasteiger partial charge in [0.15, 0.2) is 0 Å². The molecule has 1 aromatic heterocycles. The molecule has 1 saturated heterocycles. The molecule has 1 aliphatic heterocycles. The summed E-state index contributed by atoms with van der Waals surface area (Å²) in [6.45, 7) is 5.50. The zero-order chi connectivity index (χ0) is 18.7. The Hall–Kier alpha value is -2.12. The number of aromatic nitrogens is 3. The number of rotatable bonds is 5. The quantitative estimate of drug-likeness (QED) is 0.831. The molecule has 2 atom stereocenters. The second kappa shape index (κ2) is 7.63. The summed E-state index contributed by atoms with van der Waals surface area (Å²) in [5.41, 5.74) is -0.112. The first-order valence-electron chi connectivity index (χ1n) is 8.82. The Labute approximate surface area is 152 Å². The van der Waals surface area contributed by atoms with Crippen molar-refractivity contribution in [2.75, 3.05) is 13.1 Å². The lowest BCUT2D eigenvalue weighted by molar-refractivity contribution is -0.0657. The average Bonchev–Trinajstić information content (AvgIpc) is 3.13. The molecule has 0 unspecified atom stereocenters. The van der Waals surface area contributed by atoms with Gasteiger partial charge in [-0.05, 0) is 32.8 Å². The van der Waals surface area contributed by atoms with Gasteiger partial charge in [0.2, 0.25) is 0 Å². The Balaban J connectivity index is 1.94. The van der Waals surface area contributed by atoms with Crippen molar-refractivity contribution in [2.24, 2.45) is 0 Å². The predicted molar refractivity (Wildman–Crippen MR) is 94.3 cm³/mol. The molecule has 0 saturated carbocycles. The van der Waals surface area contributed by atoms with Gasteiger partial charge in [-0.25, -0.2) is 18.4 Å². The van der Waals surface area contributed by atoms with Gasteiger partial charge in [0.25, 0.3) is 0 Å². The van der Waals surface area contributed by atoms with Crippen molar-refractivity contribution < 1.29 is 13.9 Å². The number of hydrogen-bond acceptors (Lipinski definition) is 4. The van der Waals surface area contributed by atoms with Crippen LogP contribution in [-0.2, 0) is 12.1 Å². The number of nitrogens with zero attached hydrogens (tertiary/aromatic N) is 4. The highest BCUT2D eigenvalue weighted by Gasteiger charge is 2.42. The van der Waals surface area contributed by atoms with Gasteiger partial charge in [0.1, 0.15) is 29.9 Å². The van der Waals surface area contributed by atoms with Crippen molar-refractivity contribution >= 4 is 0 Å². The number of aliphatic hydroxyl groups is 1. The van der Waals surface area contributed by atoms with E-state index in [0.29, 0.717) is 0 Å². The van der Waals surface area contributed by atoms with E-state index in [9.17, 15) is 13.9 Å². The van der Waals surface area contributed by atoms with Gasteiger partial charge in [0, 0.05) is 30.8 Å². The van der Waals surface area contributed by atoms with Gasteiger partial charge in [-0.15, -0.1) is 0 Å². The van der Waals surface area contributed by atoms with Crippen LogP contribution in [0.25, 0.3) is 0 Å². The maximum atomic E-state index is 14.5. The minimum Gasteiger partial charge on any atom is -0.381 e. The van der Waals surface area contributed by atoms with Crippen LogP contribution in [0.1, 0.15) is 32.3 Å². The lowest BCUT2D eigenvalue weighted by Crippen LogP contribution is -2.53. The van der Waals surface area contributed by atoms with Crippen molar-refractivity contribution in [3.63, 3.8) is 0 Å². The molecule has 7 heteroatoms. The van der Waals surface area contributed by atoms with Crippen LogP contribution in [0.4, 0.5) is 8.78 Å². The van der Waals surface area contributed by atoms with E-state index in [2.05, 4.69) is 21.1 Å². The Kier molecular flexibility index (Phi) is 5.48. The number of allylic oxidation sites excluding steroid dienone is 1. The lowest BCUT2D eigenvalue weighted by Gasteiger charge is -2.43. The van der Waals surface area contributed by atoms with Gasteiger partial charge in [-0.1, -0.05) is 17.7 Å². The Morgan fingerprint density at radius 1 is 1.31 bits per heavy atom. The van der Waals surface area contributed by atoms with E-state index in [4.69, 9.17) is 0 Å². The number of likely N-dealkylation sites (tertiary alicyclic amines) is 1. The first-order chi connectivity index (χ1) is 12.4. The fourth-order valence-corrected chi connectivity index (χ4v) is 3.63. The molecule has 0 radical (unpaired) electrons. The molecule has 0 aliphatic carbocycles. The minimum atomic E-state index is -1.57. The van der Waals surface area contributed by atoms with Crippen LogP contribution in [0.15, 0.2) is 42.5 Å². The average molecular weight is 362 g/mol. The number of benzene rings is 1. The minimum absolute atomic E-state index is 0.0314.